The highest BCUT2D eigenvalue weighted by Crippen LogP contribution is 2.33. The van der Waals surface area contributed by atoms with Crippen LogP contribution in [0.5, 0.6) is 0 Å². The van der Waals surface area contributed by atoms with E-state index in [9.17, 15) is 0 Å². The smallest absolute Gasteiger partial charge is 0.0279 e. The maximum atomic E-state index is 6.30. The van der Waals surface area contributed by atoms with Crippen LogP contribution in [0.1, 0.15) is 52.9 Å². The SMILES string of the molecule is C=C1CC(N(C)CCC2C(C)CC(C)CN2N)CC1=CC=CCC. The van der Waals surface area contributed by atoms with Crippen LogP contribution in [-0.4, -0.2) is 42.1 Å². The van der Waals surface area contributed by atoms with Crippen LogP contribution in [-0.2, 0) is 0 Å². The van der Waals surface area contributed by atoms with Gasteiger partial charge in [0.2, 0.25) is 0 Å². The Morgan fingerprint density at radius 3 is 2.75 bits per heavy atom. The Bertz CT molecular complexity index is 467. The minimum absolute atomic E-state index is 0.524. The van der Waals surface area contributed by atoms with Gasteiger partial charge in [-0.2, -0.15) is 0 Å². The summed E-state index contributed by atoms with van der Waals surface area (Å²) in [6, 6.07) is 1.12. The molecule has 1 heterocycles. The van der Waals surface area contributed by atoms with Crippen molar-refractivity contribution >= 4 is 0 Å². The molecule has 2 aliphatic rings. The largest absolute Gasteiger partial charge is 0.303 e. The lowest BCUT2D eigenvalue weighted by Gasteiger charge is -2.41. The molecule has 1 aliphatic carbocycles. The summed E-state index contributed by atoms with van der Waals surface area (Å²) in [7, 11) is 2.26. The van der Waals surface area contributed by atoms with Crippen LogP contribution in [0.3, 0.4) is 0 Å². The van der Waals surface area contributed by atoms with Crippen LogP contribution in [0.4, 0.5) is 0 Å². The Labute approximate surface area is 149 Å². The van der Waals surface area contributed by atoms with Crippen LogP contribution in [0.15, 0.2) is 36.0 Å². The molecular formula is C21H37N3. The van der Waals surface area contributed by atoms with E-state index in [1.54, 1.807) is 0 Å². The van der Waals surface area contributed by atoms with Gasteiger partial charge in [0.25, 0.3) is 0 Å². The second kappa shape index (κ2) is 8.98. The number of allylic oxidation sites excluding steroid dienone is 3. The highest BCUT2D eigenvalue weighted by molar-refractivity contribution is 5.37. The van der Waals surface area contributed by atoms with Crippen molar-refractivity contribution in [1.82, 2.24) is 9.91 Å². The molecule has 1 aliphatic heterocycles. The van der Waals surface area contributed by atoms with E-state index in [0.29, 0.717) is 18.0 Å². The molecule has 2 N–H and O–H groups in total. The van der Waals surface area contributed by atoms with Crippen molar-refractivity contribution in [2.75, 3.05) is 20.1 Å². The first-order valence-corrected chi connectivity index (χ1v) is 9.67. The molecule has 0 aromatic carbocycles. The predicted octanol–water partition coefficient (Wildman–Crippen LogP) is 4.14. The zero-order valence-corrected chi connectivity index (χ0v) is 16.2. The first-order chi connectivity index (χ1) is 11.4. The molecule has 4 atom stereocenters. The zero-order chi connectivity index (χ0) is 17.7. The number of nitrogens with two attached hydrogens (primary N) is 1. The molecule has 0 amide bonds. The van der Waals surface area contributed by atoms with Gasteiger partial charge in [-0.15, -0.1) is 0 Å². The molecule has 0 radical (unpaired) electrons. The molecule has 3 heteroatoms. The lowest BCUT2D eigenvalue weighted by atomic mass is 9.84. The average molecular weight is 332 g/mol. The van der Waals surface area contributed by atoms with E-state index in [-0.39, 0.29) is 0 Å². The Morgan fingerprint density at radius 2 is 2.08 bits per heavy atom. The third-order valence-electron chi connectivity index (χ3n) is 5.84. The number of nitrogens with zero attached hydrogens (tertiary/aromatic N) is 2. The van der Waals surface area contributed by atoms with E-state index in [4.69, 9.17) is 5.84 Å². The topological polar surface area (TPSA) is 32.5 Å². The molecule has 0 aromatic rings. The average Bonchev–Trinajstić information content (AvgIpc) is 2.87. The molecule has 0 aromatic heterocycles. The van der Waals surface area contributed by atoms with Crippen LogP contribution in [0.2, 0.25) is 0 Å². The second-order valence-corrected chi connectivity index (χ2v) is 8.05. The van der Waals surface area contributed by atoms with Gasteiger partial charge in [-0.25, -0.2) is 5.01 Å². The molecule has 2 rings (SSSR count). The summed E-state index contributed by atoms with van der Waals surface area (Å²) in [4.78, 5) is 2.52. The number of piperidine rings is 1. The summed E-state index contributed by atoms with van der Waals surface area (Å²) in [6.45, 7) is 13.3. The van der Waals surface area contributed by atoms with Gasteiger partial charge in [0.05, 0.1) is 0 Å². The summed E-state index contributed by atoms with van der Waals surface area (Å²) in [5.41, 5.74) is 2.74. The standard InChI is InChI=1S/C21H37N3/c1-6-7-8-9-19-14-20(13-17(19)3)23(5)11-10-21-18(4)12-16(2)15-24(21)22/h7-9,16,18,20-21H,3,6,10-15,22H2,1-2,4-5H3. The Morgan fingerprint density at radius 1 is 1.33 bits per heavy atom. The van der Waals surface area contributed by atoms with Crippen molar-refractivity contribution in [1.29, 1.82) is 0 Å². The maximum absolute atomic E-state index is 6.30. The predicted molar refractivity (Wildman–Crippen MR) is 105 cm³/mol. The Hall–Kier alpha value is -0.900. The van der Waals surface area contributed by atoms with E-state index in [1.165, 1.54) is 24.0 Å². The molecular weight excluding hydrogens is 294 g/mol. The van der Waals surface area contributed by atoms with E-state index >= 15 is 0 Å². The minimum Gasteiger partial charge on any atom is -0.303 e. The molecule has 0 spiro atoms. The van der Waals surface area contributed by atoms with E-state index in [1.807, 2.05) is 0 Å². The van der Waals surface area contributed by atoms with Gasteiger partial charge in [0, 0.05) is 18.6 Å². The van der Waals surface area contributed by atoms with E-state index < -0.39 is 0 Å². The summed E-state index contributed by atoms with van der Waals surface area (Å²) < 4.78 is 0. The fourth-order valence-corrected chi connectivity index (χ4v) is 4.36. The second-order valence-electron chi connectivity index (χ2n) is 8.05. The van der Waals surface area contributed by atoms with Crippen LogP contribution in [0, 0.1) is 11.8 Å². The Balaban J connectivity index is 1.85. The van der Waals surface area contributed by atoms with Crippen molar-refractivity contribution < 1.29 is 0 Å². The summed E-state index contributed by atoms with van der Waals surface area (Å²) in [5, 5.41) is 2.10. The van der Waals surface area contributed by atoms with Gasteiger partial charge in [-0.05, 0) is 63.1 Å². The third kappa shape index (κ3) is 5.05. The fraction of sp³-hybridized carbons (Fsp3) is 0.714. The van der Waals surface area contributed by atoms with Crippen LogP contribution < -0.4 is 5.84 Å². The van der Waals surface area contributed by atoms with Gasteiger partial charge in [-0.3, -0.25) is 5.84 Å². The highest BCUT2D eigenvalue weighted by atomic mass is 15.4. The van der Waals surface area contributed by atoms with Gasteiger partial charge in [0.1, 0.15) is 0 Å². The molecule has 1 saturated heterocycles. The lowest BCUT2D eigenvalue weighted by molar-refractivity contribution is 0.0546. The van der Waals surface area contributed by atoms with E-state index in [0.717, 1.165) is 38.3 Å². The quantitative estimate of drug-likeness (QED) is 0.743. The fourth-order valence-electron chi connectivity index (χ4n) is 4.36. The van der Waals surface area contributed by atoms with Crippen LogP contribution >= 0.6 is 0 Å². The molecule has 2 fully saturated rings. The van der Waals surface area contributed by atoms with Crippen LogP contribution in [0.25, 0.3) is 0 Å². The molecule has 0 bridgehead atoms. The monoisotopic (exact) mass is 331 g/mol. The first-order valence-electron chi connectivity index (χ1n) is 9.67. The van der Waals surface area contributed by atoms with Gasteiger partial charge < -0.3 is 4.90 Å². The van der Waals surface area contributed by atoms with Gasteiger partial charge >= 0.3 is 0 Å². The first kappa shape index (κ1) is 19.4. The van der Waals surface area contributed by atoms with Crippen molar-refractivity contribution in [3.05, 3.63) is 36.0 Å². The number of rotatable bonds is 6. The number of hydrogen-bond acceptors (Lipinski definition) is 3. The number of hydrazine groups is 1. The van der Waals surface area contributed by atoms with Crippen molar-refractivity contribution in [2.45, 2.75) is 65.0 Å². The molecule has 136 valence electrons. The summed E-state index contributed by atoms with van der Waals surface area (Å²) in [5.74, 6) is 7.71. The van der Waals surface area contributed by atoms with Gasteiger partial charge in [-0.1, -0.05) is 51.2 Å². The molecule has 4 unspecified atom stereocenters. The normalized spacial score (nSPS) is 34.1. The van der Waals surface area contributed by atoms with Crippen molar-refractivity contribution in [2.24, 2.45) is 17.7 Å². The van der Waals surface area contributed by atoms with Crippen molar-refractivity contribution in [3.63, 3.8) is 0 Å². The number of hydrogen-bond donors (Lipinski definition) is 1. The summed E-state index contributed by atoms with van der Waals surface area (Å²) >= 11 is 0. The van der Waals surface area contributed by atoms with E-state index in [2.05, 4.69) is 62.5 Å². The third-order valence-corrected chi connectivity index (χ3v) is 5.84. The Kier molecular flexibility index (Phi) is 7.27. The highest BCUT2D eigenvalue weighted by Gasteiger charge is 2.31. The minimum atomic E-state index is 0.524. The van der Waals surface area contributed by atoms with Crippen molar-refractivity contribution in [3.8, 4) is 0 Å². The maximum Gasteiger partial charge on any atom is 0.0279 e. The zero-order valence-electron chi connectivity index (χ0n) is 16.2. The lowest BCUT2D eigenvalue weighted by Crippen LogP contribution is -2.52. The molecule has 24 heavy (non-hydrogen) atoms. The summed E-state index contributed by atoms with van der Waals surface area (Å²) in [6.07, 6.45) is 12.4. The molecule has 1 saturated carbocycles. The van der Waals surface area contributed by atoms with Gasteiger partial charge in [0.15, 0.2) is 0 Å². The molecule has 3 nitrogen and oxygen atoms in total.